The van der Waals surface area contributed by atoms with Crippen molar-refractivity contribution < 1.29 is 14.1 Å². The van der Waals surface area contributed by atoms with Gasteiger partial charge in [0.1, 0.15) is 0 Å². The molecule has 1 unspecified atom stereocenters. The quantitative estimate of drug-likeness (QED) is 0.785. The first kappa shape index (κ1) is 18.6. The molecule has 2 aliphatic heterocycles. The van der Waals surface area contributed by atoms with Gasteiger partial charge in [-0.25, -0.2) is 0 Å². The Bertz CT molecular complexity index is 685. The standard InChI is InChI=1S/C22H33N3O3/c26-21(18-4-1-2-5-18)25-11-9-22(10-12-25)15-16(8-13-27-22)14-19-23-20(28-24-19)17-6-3-7-17/h16-18H,1-15H2. The minimum atomic E-state index is -0.0457. The Kier molecular flexibility index (Phi) is 5.16. The smallest absolute Gasteiger partial charge is 0.229 e. The molecule has 1 aromatic heterocycles. The summed E-state index contributed by atoms with van der Waals surface area (Å²) in [4.78, 5) is 19.5. The van der Waals surface area contributed by atoms with Crippen LogP contribution in [0.3, 0.4) is 0 Å². The third kappa shape index (κ3) is 3.72. The molecule has 154 valence electrons. The van der Waals surface area contributed by atoms with E-state index in [1.54, 1.807) is 0 Å². The Morgan fingerprint density at radius 3 is 2.57 bits per heavy atom. The maximum atomic E-state index is 12.7. The zero-order valence-corrected chi connectivity index (χ0v) is 16.9. The van der Waals surface area contributed by atoms with Gasteiger partial charge in [0.25, 0.3) is 0 Å². The average molecular weight is 388 g/mol. The number of likely N-dealkylation sites (tertiary alicyclic amines) is 1. The number of ether oxygens (including phenoxy) is 1. The molecule has 5 rings (SSSR count). The minimum Gasteiger partial charge on any atom is -0.375 e. The number of aromatic nitrogens is 2. The van der Waals surface area contributed by atoms with Crippen molar-refractivity contribution in [1.82, 2.24) is 15.0 Å². The number of amides is 1. The summed E-state index contributed by atoms with van der Waals surface area (Å²) in [5.41, 5.74) is -0.0457. The van der Waals surface area contributed by atoms with Crippen LogP contribution in [0.4, 0.5) is 0 Å². The molecule has 4 aliphatic rings. The third-order valence-electron chi connectivity index (χ3n) is 7.70. The van der Waals surface area contributed by atoms with Crippen LogP contribution in [0.2, 0.25) is 0 Å². The van der Waals surface area contributed by atoms with Gasteiger partial charge in [0, 0.05) is 38.0 Å². The molecule has 6 heteroatoms. The van der Waals surface area contributed by atoms with Gasteiger partial charge in [-0.1, -0.05) is 24.4 Å². The highest BCUT2D eigenvalue weighted by Gasteiger charge is 2.42. The van der Waals surface area contributed by atoms with Crippen LogP contribution < -0.4 is 0 Å². The van der Waals surface area contributed by atoms with Crippen molar-refractivity contribution in [3.8, 4) is 0 Å². The molecule has 0 N–H and O–H groups in total. The summed E-state index contributed by atoms with van der Waals surface area (Å²) in [6, 6.07) is 0. The van der Waals surface area contributed by atoms with E-state index < -0.39 is 0 Å². The number of rotatable bonds is 4. The normalized spacial score (nSPS) is 28.6. The van der Waals surface area contributed by atoms with Crippen LogP contribution in [0.5, 0.6) is 0 Å². The first-order chi connectivity index (χ1) is 13.7. The summed E-state index contributed by atoms with van der Waals surface area (Å²) in [5, 5.41) is 4.25. The summed E-state index contributed by atoms with van der Waals surface area (Å²) >= 11 is 0. The number of carbonyl (C=O) groups is 1. The van der Waals surface area contributed by atoms with E-state index in [4.69, 9.17) is 9.26 Å². The molecule has 0 aromatic carbocycles. The molecular weight excluding hydrogens is 354 g/mol. The lowest BCUT2D eigenvalue weighted by atomic mass is 9.78. The molecule has 0 radical (unpaired) electrons. The van der Waals surface area contributed by atoms with Crippen molar-refractivity contribution in [2.75, 3.05) is 19.7 Å². The van der Waals surface area contributed by atoms with Gasteiger partial charge < -0.3 is 14.2 Å². The van der Waals surface area contributed by atoms with Gasteiger partial charge in [0.05, 0.1) is 5.60 Å². The predicted molar refractivity (Wildman–Crippen MR) is 104 cm³/mol. The summed E-state index contributed by atoms with van der Waals surface area (Å²) in [6.45, 7) is 2.53. The topological polar surface area (TPSA) is 68.5 Å². The molecule has 2 saturated carbocycles. The molecule has 0 bridgehead atoms. The van der Waals surface area contributed by atoms with Crippen LogP contribution in [0.15, 0.2) is 4.52 Å². The molecule has 3 heterocycles. The summed E-state index contributed by atoms with van der Waals surface area (Å²) < 4.78 is 11.8. The Morgan fingerprint density at radius 2 is 1.86 bits per heavy atom. The van der Waals surface area contributed by atoms with E-state index in [-0.39, 0.29) is 11.5 Å². The summed E-state index contributed by atoms with van der Waals surface area (Å²) in [6.07, 6.45) is 13.3. The van der Waals surface area contributed by atoms with E-state index in [0.29, 0.717) is 17.7 Å². The Morgan fingerprint density at radius 1 is 1.07 bits per heavy atom. The molecular formula is C22H33N3O3. The van der Waals surface area contributed by atoms with E-state index >= 15 is 0 Å². The van der Waals surface area contributed by atoms with Crippen molar-refractivity contribution in [3.63, 3.8) is 0 Å². The van der Waals surface area contributed by atoms with Crippen molar-refractivity contribution >= 4 is 5.91 Å². The Balaban J connectivity index is 1.15. The van der Waals surface area contributed by atoms with Crippen LogP contribution in [0, 0.1) is 11.8 Å². The molecule has 6 nitrogen and oxygen atoms in total. The molecule has 28 heavy (non-hydrogen) atoms. The molecule has 1 atom stereocenters. The van der Waals surface area contributed by atoms with Gasteiger partial charge in [0.15, 0.2) is 5.82 Å². The molecule has 1 spiro atoms. The van der Waals surface area contributed by atoms with Crippen molar-refractivity contribution in [2.45, 2.75) is 88.6 Å². The van der Waals surface area contributed by atoms with E-state index in [1.165, 1.54) is 32.1 Å². The maximum Gasteiger partial charge on any atom is 0.229 e. The van der Waals surface area contributed by atoms with Crippen molar-refractivity contribution in [2.24, 2.45) is 11.8 Å². The fraction of sp³-hybridized carbons (Fsp3) is 0.864. The first-order valence-corrected chi connectivity index (χ1v) is 11.5. The van der Waals surface area contributed by atoms with Crippen LogP contribution in [-0.4, -0.2) is 46.2 Å². The highest BCUT2D eigenvalue weighted by molar-refractivity contribution is 5.79. The number of nitrogens with zero attached hydrogens (tertiary/aromatic N) is 3. The monoisotopic (exact) mass is 387 g/mol. The molecule has 4 fully saturated rings. The van der Waals surface area contributed by atoms with Gasteiger partial charge in [-0.2, -0.15) is 4.98 Å². The second-order valence-electron chi connectivity index (χ2n) is 9.58. The minimum absolute atomic E-state index is 0.0457. The molecule has 1 aromatic rings. The van der Waals surface area contributed by atoms with Crippen molar-refractivity contribution in [3.05, 3.63) is 11.7 Å². The van der Waals surface area contributed by atoms with Gasteiger partial charge in [-0.05, 0) is 57.3 Å². The maximum absolute atomic E-state index is 12.7. The number of hydrogen-bond donors (Lipinski definition) is 0. The fourth-order valence-corrected chi connectivity index (χ4v) is 5.65. The van der Waals surface area contributed by atoms with Crippen LogP contribution >= 0.6 is 0 Å². The molecule has 1 amide bonds. The van der Waals surface area contributed by atoms with Crippen LogP contribution in [0.1, 0.15) is 88.3 Å². The van der Waals surface area contributed by atoms with Gasteiger partial charge in [-0.3, -0.25) is 4.79 Å². The lowest BCUT2D eigenvalue weighted by molar-refractivity contribution is -0.150. The highest BCUT2D eigenvalue weighted by Crippen LogP contribution is 2.40. The number of piperidine rings is 1. The lowest BCUT2D eigenvalue weighted by Gasteiger charge is -2.46. The van der Waals surface area contributed by atoms with E-state index in [2.05, 4.69) is 15.0 Å². The van der Waals surface area contributed by atoms with Gasteiger partial charge in [-0.15, -0.1) is 0 Å². The zero-order valence-electron chi connectivity index (χ0n) is 16.9. The van der Waals surface area contributed by atoms with Crippen LogP contribution in [-0.2, 0) is 16.0 Å². The van der Waals surface area contributed by atoms with Crippen molar-refractivity contribution in [1.29, 1.82) is 0 Å². The Hall–Kier alpha value is -1.43. The van der Waals surface area contributed by atoms with E-state index in [1.807, 2.05) is 0 Å². The average Bonchev–Trinajstić information content (AvgIpc) is 3.33. The Labute approximate surface area is 167 Å². The largest absolute Gasteiger partial charge is 0.375 e. The highest BCUT2D eigenvalue weighted by atomic mass is 16.5. The van der Waals surface area contributed by atoms with E-state index in [9.17, 15) is 4.79 Å². The van der Waals surface area contributed by atoms with Gasteiger partial charge in [0.2, 0.25) is 11.8 Å². The molecule has 2 aliphatic carbocycles. The zero-order chi connectivity index (χ0) is 19.0. The predicted octanol–water partition coefficient (Wildman–Crippen LogP) is 3.86. The van der Waals surface area contributed by atoms with E-state index in [0.717, 1.165) is 76.4 Å². The summed E-state index contributed by atoms with van der Waals surface area (Å²) in [5.74, 6) is 3.47. The lowest BCUT2D eigenvalue weighted by Crippen LogP contribution is -2.51. The van der Waals surface area contributed by atoms with Crippen LogP contribution in [0.25, 0.3) is 0 Å². The summed E-state index contributed by atoms with van der Waals surface area (Å²) in [7, 11) is 0. The molecule has 2 saturated heterocycles. The third-order valence-corrected chi connectivity index (χ3v) is 7.70. The van der Waals surface area contributed by atoms with Gasteiger partial charge >= 0.3 is 0 Å². The fourth-order valence-electron chi connectivity index (χ4n) is 5.65. The number of carbonyl (C=O) groups excluding carboxylic acids is 1. The SMILES string of the molecule is O=C(C1CCCC1)N1CCC2(CC1)CC(Cc1noc(C3CCC3)n1)CCO2. The first-order valence-electron chi connectivity index (χ1n) is 11.5. The second kappa shape index (κ2) is 7.77. The second-order valence-corrected chi connectivity index (χ2v) is 9.58. The number of hydrogen-bond acceptors (Lipinski definition) is 5.